The summed E-state index contributed by atoms with van der Waals surface area (Å²) in [6.07, 6.45) is 7.41. The number of nitrogens with one attached hydrogen (secondary N) is 1. The zero-order valence-electron chi connectivity index (χ0n) is 6.24. The van der Waals surface area contributed by atoms with Gasteiger partial charge in [-0.05, 0) is 12.2 Å². The number of H-pyrrole nitrogens is 1. The van der Waals surface area contributed by atoms with Crippen LogP contribution in [-0.4, -0.2) is 21.7 Å². The first-order valence-corrected chi connectivity index (χ1v) is 4.30. The van der Waals surface area contributed by atoms with Gasteiger partial charge in [-0.15, -0.1) is 0 Å². The molecule has 0 bridgehead atoms. The molecule has 1 aliphatic heterocycles. The summed E-state index contributed by atoms with van der Waals surface area (Å²) in [6.45, 7) is 0.797. The summed E-state index contributed by atoms with van der Waals surface area (Å²) in [7, 11) is 0. The molecular formula is C7H7BrN4. The van der Waals surface area contributed by atoms with Gasteiger partial charge in [-0.2, -0.15) is 10.1 Å². The first kappa shape index (κ1) is 7.54. The Bertz CT molecular complexity index is 314. The van der Waals surface area contributed by atoms with E-state index in [2.05, 4.69) is 31.1 Å². The number of hydrogen-bond acceptors (Lipinski definition) is 3. The number of hydrogen-bond donors (Lipinski definition) is 1. The second-order valence-electron chi connectivity index (χ2n) is 2.39. The SMILES string of the molecule is BrC1=CC=CN(c2ncn[nH]2)C1. The van der Waals surface area contributed by atoms with Gasteiger partial charge in [-0.3, -0.25) is 0 Å². The molecule has 1 N–H and O–H groups in total. The minimum absolute atomic E-state index is 0.760. The molecule has 1 aliphatic rings. The molecule has 0 saturated carbocycles. The Hall–Kier alpha value is -1.10. The van der Waals surface area contributed by atoms with Gasteiger partial charge in [0.15, 0.2) is 0 Å². The quantitative estimate of drug-likeness (QED) is 0.788. The lowest BCUT2D eigenvalue weighted by Gasteiger charge is -2.18. The van der Waals surface area contributed by atoms with Gasteiger partial charge in [0.2, 0.25) is 5.95 Å². The van der Waals surface area contributed by atoms with E-state index in [0.717, 1.165) is 17.0 Å². The Kier molecular flexibility index (Phi) is 1.95. The molecule has 2 heterocycles. The van der Waals surface area contributed by atoms with Gasteiger partial charge >= 0.3 is 0 Å². The molecule has 0 amide bonds. The molecule has 62 valence electrons. The standard InChI is InChI=1S/C7H7BrN4/c8-6-2-1-3-12(4-6)7-9-5-10-11-7/h1-3,5H,4H2,(H,9,10,11). The van der Waals surface area contributed by atoms with E-state index < -0.39 is 0 Å². The van der Waals surface area contributed by atoms with Crippen molar-refractivity contribution in [2.24, 2.45) is 0 Å². The third-order valence-electron chi connectivity index (χ3n) is 1.54. The van der Waals surface area contributed by atoms with E-state index in [0.29, 0.717) is 0 Å². The first-order valence-electron chi connectivity index (χ1n) is 3.51. The molecule has 0 spiro atoms. The number of allylic oxidation sites excluding steroid dienone is 2. The van der Waals surface area contributed by atoms with E-state index >= 15 is 0 Å². The van der Waals surface area contributed by atoms with E-state index in [-0.39, 0.29) is 0 Å². The van der Waals surface area contributed by atoms with Crippen molar-refractivity contribution in [3.63, 3.8) is 0 Å². The van der Waals surface area contributed by atoms with Crippen LogP contribution in [0.15, 0.2) is 29.2 Å². The molecule has 0 fully saturated rings. The van der Waals surface area contributed by atoms with Crippen molar-refractivity contribution in [1.29, 1.82) is 0 Å². The van der Waals surface area contributed by atoms with Gasteiger partial charge in [-0.25, -0.2) is 5.10 Å². The topological polar surface area (TPSA) is 44.8 Å². The van der Waals surface area contributed by atoms with E-state index in [4.69, 9.17) is 0 Å². The summed E-state index contributed by atoms with van der Waals surface area (Å²) in [5.41, 5.74) is 0. The molecule has 0 atom stereocenters. The highest BCUT2D eigenvalue weighted by Gasteiger charge is 2.08. The fraction of sp³-hybridized carbons (Fsp3) is 0.143. The summed E-state index contributed by atoms with van der Waals surface area (Å²) >= 11 is 3.42. The number of aromatic amines is 1. The number of halogens is 1. The average molecular weight is 227 g/mol. The molecule has 12 heavy (non-hydrogen) atoms. The van der Waals surface area contributed by atoms with Crippen LogP contribution in [0.3, 0.4) is 0 Å². The van der Waals surface area contributed by atoms with Crippen molar-refractivity contribution in [3.05, 3.63) is 29.2 Å². The Balaban J connectivity index is 2.19. The minimum atomic E-state index is 0.760. The fourth-order valence-electron chi connectivity index (χ4n) is 1.00. The van der Waals surface area contributed by atoms with Crippen LogP contribution in [0, 0.1) is 0 Å². The van der Waals surface area contributed by atoms with Crippen LogP contribution in [0.2, 0.25) is 0 Å². The molecule has 0 aliphatic carbocycles. The molecule has 1 aromatic heterocycles. The van der Waals surface area contributed by atoms with Gasteiger partial charge in [0.05, 0.1) is 6.54 Å². The predicted octanol–water partition coefficient (Wildman–Crippen LogP) is 1.42. The highest BCUT2D eigenvalue weighted by molar-refractivity contribution is 9.11. The Morgan fingerprint density at radius 3 is 3.17 bits per heavy atom. The van der Waals surface area contributed by atoms with Crippen LogP contribution in [0.4, 0.5) is 5.95 Å². The van der Waals surface area contributed by atoms with Crippen molar-refractivity contribution in [1.82, 2.24) is 15.2 Å². The number of rotatable bonds is 1. The summed E-state index contributed by atoms with van der Waals surface area (Å²) in [4.78, 5) is 6.00. The number of aromatic nitrogens is 3. The first-order chi connectivity index (χ1) is 5.86. The molecule has 0 unspecified atom stereocenters. The Morgan fingerprint density at radius 1 is 1.58 bits per heavy atom. The maximum atomic E-state index is 4.03. The van der Waals surface area contributed by atoms with Gasteiger partial charge in [0.1, 0.15) is 6.33 Å². The second-order valence-corrected chi connectivity index (χ2v) is 3.41. The molecule has 2 rings (SSSR count). The zero-order valence-corrected chi connectivity index (χ0v) is 7.82. The Labute approximate surface area is 78.1 Å². The second kappa shape index (κ2) is 3.10. The minimum Gasteiger partial charge on any atom is -0.313 e. The lowest BCUT2D eigenvalue weighted by atomic mass is 10.4. The van der Waals surface area contributed by atoms with E-state index in [1.807, 2.05) is 23.3 Å². The van der Waals surface area contributed by atoms with Crippen LogP contribution in [0.1, 0.15) is 0 Å². The van der Waals surface area contributed by atoms with Crippen molar-refractivity contribution >= 4 is 21.9 Å². The van der Waals surface area contributed by atoms with Crippen molar-refractivity contribution < 1.29 is 0 Å². The molecule has 0 saturated heterocycles. The van der Waals surface area contributed by atoms with Gasteiger partial charge in [-0.1, -0.05) is 15.9 Å². The van der Waals surface area contributed by atoms with E-state index in [1.54, 1.807) is 0 Å². The maximum Gasteiger partial charge on any atom is 0.225 e. The zero-order chi connectivity index (χ0) is 8.39. The van der Waals surface area contributed by atoms with Crippen LogP contribution in [0.5, 0.6) is 0 Å². The largest absolute Gasteiger partial charge is 0.313 e. The van der Waals surface area contributed by atoms with E-state index in [1.165, 1.54) is 6.33 Å². The third-order valence-corrected chi connectivity index (χ3v) is 2.05. The summed E-state index contributed by atoms with van der Waals surface area (Å²) < 4.78 is 1.13. The van der Waals surface area contributed by atoms with Crippen LogP contribution in [0.25, 0.3) is 0 Å². The van der Waals surface area contributed by atoms with Crippen LogP contribution >= 0.6 is 15.9 Å². The van der Waals surface area contributed by atoms with Crippen molar-refractivity contribution in [3.8, 4) is 0 Å². The summed E-state index contributed by atoms with van der Waals surface area (Å²) in [5.74, 6) is 0.760. The third kappa shape index (κ3) is 1.40. The smallest absolute Gasteiger partial charge is 0.225 e. The number of nitrogens with zero attached hydrogens (tertiary/aromatic N) is 3. The normalized spacial score (nSPS) is 16.4. The predicted molar refractivity (Wildman–Crippen MR) is 49.9 cm³/mol. The van der Waals surface area contributed by atoms with Crippen LogP contribution in [-0.2, 0) is 0 Å². The van der Waals surface area contributed by atoms with Crippen molar-refractivity contribution in [2.75, 3.05) is 11.4 Å². The monoisotopic (exact) mass is 226 g/mol. The molecule has 0 aromatic carbocycles. The highest BCUT2D eigenvalue weighted by Crippen LogP contribution is 2.16. The average Bonchev–Trinajstić information content (AvgIpc) is 2.56. The lowest BCUT2D eigenvalue weighted by molar-refractivity contribution is 0.971. The lowest BCUT2D eigenvalue weighted by Crippen LogP contribution is -2.20. The summed E-state index contributed by atoms with van der Waals surface area (Å²) in [6, 6.07) is 0. The fourth-order valence-corrected chi connectivity index (χ4v) is 1.43. The summed E-state index contributed by atoms with van der Waals surface area (Å²) in [5, 5.41) is 6.57. The van der Waals surface area contributed by atoms with Gasteiger partial charge < -0.3 is 4.90 Å². The molecular weight excluding hydrogens is 220 g/mol. The molecule has 4 nitrogen and oxygen atoms in total. The Morgan fingerprint density at radius 2 is 2.50 bits per heavy atom. The van der Waals surface area contributed by atoms with Crippen molar-refractivity contribution in [2.45, 2.75) is 0 Å². The maximum absolute atomic E-state index is 4.03. The molecule has 1 aromatic rings. The molecule has 5 heteroatoms. The number of anilines is 1. The van der Waals surface area contributed by atoms with Gasteiger partial charge in [0, 0.05) is 10.7 Å². The van der Waals surface area contributed by atoms with E-state index in [9.17, 15) is 0 Å². The molecule has 0 radical (unpaired) electrons. The van der Waals surface area contributed by atoms with Gasteiger partial charge in [0.25, 0.3) is 0 Å². The van der Waals surface area contributed by atoms with Crippen LogP contribution < -0.4 is 4.90 Å². The highest BCUT2D eigenvalue weighted by atomic mass is 79.9.